The van der Waals surface area contributed by atoms with E-state index in [1.165, 1.54) is 44.5 Å². The van der Waals surface area contributed by atoms with Gasteiger partial charge in [0.15, 0.2) is 0 Å². The molecule has 2 aromatic rings. The predicted octanol–water partition coefficient (Wildman–Crippen LogP) is 4.85. The molecule has 0 aliphatic carbocycles. The third kappa shape index (κ3) is 5.33. The molecule has 0 radical (unpaired) electrons. The number of rotatable bonds is 14. The number of hydrogen-bond donors (Lipinski definition) is 2. The normalized spacial score (nSPS) is 26.4. The first kappa shape index (κ1) is 27.1. The summed E-state index contributed by atoms with van der Waals surface area (Å²) < 4.78 is 23.7. The highest BCUT2D eigenvalue weighted by atomic mass is 16.6. The molecule has 4 saturated heterocycles. The average Bonchev–Trinajstić information content (AvgIpc) is 3.75. The van der Waals surface area contributed by atoms with Crippen LogP contribution in [-0.2, 0) is 62.9 Å². The van der Waals surface area contributed by atoms with Gasteiger partial charge in [0, 0.05) is 29.6 Å². The number of benzene rings is 2. The summed E-state index contributed by atoms with van der Waals surface area (Å²) in [6, 6.07) is 4.81. The molecule has 4 fully saturated rings. The van der Waals surface area contributed by atoms with Crippen molar-refractivity contribution in [2.45, 2.75) is 109 Å². The fraction of sp³-hybridized carbons (Fsp3) is 0.636. The number of hydrogen-bond acceptors (Lipinski definition) is 6. The molecule has 0 bridgehead atoms. The standard InChI is InChI=1S/C33H46N2O4/c1-5-19-9-21(10-20(6-2)31(19)34)33(13-24-17-38-24,14-25-18-39-25)30-28(11-22-15-36-22)26(7-3)32(35)27(8-4)29(30)12-23-16-37-23/h9-10,22-25H,5-8,11-18,34-35H2,1-4H3. The molecule has 4 unspecified atom stereocenters. The SMILES string of the molecule is CCc1cc(C(CC2CO2)(CC2CO2)c2c(CC3CO3)c(CC)c(N)c(CC)c2CC2CO2)cc(CC)c1N. The second kappa shape index (κ2) is 10.7. The van der Waals surface area contributed by atoms with Gasteiger partial charge >= 0.3 is 0 Å². The van der Waals surface area contributed by atoms with Crippen LogP contribution in [0.2, 0.25) is 0 Å². The fourth-order valence-electron chi connectivity index (χ4n) is 7.11. The minimum absolute atomic E-state index is 0.249. The van der Waals surface area contributed by atoms with Gasteiger partial charge in [-0.3, -0.25) is 0 Å². The summed E-state index contributed by atoms with van der Waals surface area (Å²) in [4.78, 5) is 0. The highest BCUT2D eigenvalue weighted by Gasteiger charge is 2.49. The molecule has 2 aromatic carbocycles. The van der Waals surface area contributed by atoms with Gasteiger partial charge in [0.2, 0.25) is 0 Å². The van der Waals surface area contributed by atoms with E-state index in [0.29, 0.717) is 0 Å². The summed E-state index contributed by atoms with van der Waals surface area (Å²) in [6.07, 6.45) is 8.36. The Morgan fingerprint density at radius 3 is 1.36 bits per heavy atom. The van der Waals surface area contributed by atoms with Gasteiger partial charge in [0.25, 0.3) is 0 Å². The van der Waals surface area contributed by atoms with E-state index in [1.54, 1.807) is 0 Å². The van der Waals surface area contributed by atoms with E-state index >= 15 is 0 Å². The zero-order valence-electron chi connectivity index (χ0n) is 24.2. The lowest BCUT2D eigenvalue weighted by Crippen LogP contribution is -2.36. The molecule has 0 aromatic heterocycles. The van der Waals surface area contributed by atoms with Crippen molar-refractivity contribution in [3.63, 3.8) is 0 Å². The Morgan fingerprint density at radius 1 is 0.615 bits per heavy atom. The fourth-order valence-corrected chi connectivity index (χ4v) is 7.11. The molecule has 212 valence electrons. The van der Waals surface area contributed by atoms with Gasteiger partial charge in [-0.2, -0.15) is 0 Å². The van der Waals surface area contributed by atoms with Crippen LogP contribution in [-0.4, -0.2) is 50.8 Å². The summed E-state index contributed by atoms with van der Waals surface area (Å²) in [7, 11) is 0. The van der Waals surface area contributed by atoms with Gasteiger partial charge in [0.05, 0.1) is 50.8 Å². The lowest BCUT2D eigenvalue weighted by molar-refractivity contribution is 0.296. The average molecular weight is 535 g/mol. The third-order valence-electron chi connectivity index (χ3n) is 9.46. The summed E-state index contributed by atoms with van der Waals surface area (Å²) in [5, 5.41) is 0. The summed E-state index contributed by atoms with van der Waals surface area (Å²) in [6.45, 7) is 12.2. The van der Waals surface area contributed by atoms with Gasteiger partial charge in [-0.15, -0.1) is 0 Å². The molecule has 4 atom stereocenters. The van der Waals surface area contributed by atoms with Crippen molar-refractivity contribution in [2.75, 3.05) is 37.9 Å². The Bertz CT molecular complexity index is 1140. The molecule has 4 aliphatic heterocycles. The first-order valence-electron chi connectivity index (χ1n) is 15.3. The quantitative estimate of drug-likeness (QED) is 0.265. The van der Waals surface area contributed by atoms with E-state index in [1.807, 2.05) is 0 Å². The number of epoxide rings is 4. The van der Waals surface area contributed by atoms with E-state index in [-0.39, 0.29) is 29.8 Å². The highest BCUT2D eigenvalue weighted by molar-refractivity contribution is 5.68. The zero-order chi connectivity index (χ0) is 27.3. The van der Waals surface area contributed by atoms with Crippen LogP contribution in [0, 0.1) is 0 Å². The smallest absolute Gasteiger partial charge is 0.0850 e. The van der Waals surface area contributed by atoms with Crippen LogP contribution in [0.3, 0.4) is 0 Å². The van der Waals surface area contributed by atoms with Crippen LogP contribution in [0.25, 0.3) is 0 Å². The topological polar surface area (TPSA) is 102 Å². The van der Waals surface area contributed by atoms with Crippen LogP contribution in [0.5, 0.6) is 0 Å². The van der Waals surface area contributed by atoms with Crippen molar-refractivity contribution in [1.82, 2.24) is 0 Å². The number of nitrogen functional groups attached to an aromatic ring is 2. The molecule has 6 heteroatoms. The molecule has 0 amide bonds. The maximum atomic E-state index is 7.04. The predicted molar refractivity (Wildman–Crippen MR) is 156 cm³/mol. The molecule has 39 heavy (non-hydrogen) atoms. The maximum absolute atomic E-state index is 7.04. The molecule has 6 nitrogen and oxygen atoms in total. The monoisotopic (exact) mass is 534 g/mol. The van der Waals surface area contributed by atoms with Gasteiger partial charge < -0.3 is 30.4 Å². The van der Waals surface area contributed by atoms with Crippen molar-refractivity contribution in [3.8, 4) is 0 Å². The summed E-state index contributed by atoms with van der Waals surface area (Å²) >= 11 is 0. The first-order valence-corrected chi connectivity index (χ1v) is 15.3. The molecule has 6 rings (SSSR count). The Morgan fingerprint density at radius 2 is 1.03 bits per heavy atom. The minimum atomic E-state index is -0.264. The Kier molecular flexibility index (Phi) is 7.42. The van der Waals surface area contributed by atoms with Gasteiger partial charge in [-0.1, -0.05) is 39.8 Å². The van der Waals surface area contributed by atoms with Gasteiger partial charge in [-0.05, 0) is 83.0 Å². The number of anilines is 2. The van der Waals surface area contributed by atoms with E-state index in [0.717, 1.165) is 89.2 Å². The Labute approximate surface area is 233 Å². The zero-order valence-corrected chi connectivity index (χ0v) is 24.2. The molecule has 4 aliphatic rings. The van der Waals surface area contributed by atoms with E-state index in [9.17, 15) is 0 Å². The number of ether oxygens (including phenoxy) is 4. The lowest BCUT2D eigenvalue weighted by atomic mass is 9.62. The summed E-state index contributed by atoms with van der Waals surface area (Å²) in [5.41, 5.74) is 26.1. The minimum Gasteiger partial charge on any atom is -0.398 e. The first-order chi connectivity index (χ1) is 18.9. The van der Waals surface area contributed by atoms with Crippen molar-refractivity contribution < 1.29 is 18.9 Å². The molecule has 4 heterocycles. The van der Waals surface area contributed by atoms with Crippen molar-refractivity contribution >= 4 is 11.4 Å². The molecular formula is C33H46N2O4. The van der Waals surface area contributed by atoms with E-state index < -0.39 is 0 Å². The van der Waals surface area contributed by atoms with Crippen molar-refractivity contribution in [2.24, 2.45) is 0 Å². The van der Waals surface area contributed by atoms with Crippen LogP contribution >= 0.6 is 0 Å². The van der Waals surface area contributed by atoms with Crippen molar-refractivity contribution in [3.05, 3.63) is 56.6 Å². The van der Waals surface area contributed by atoms with Gasteiger partial charge in [0.1, 0.15) is 0 Å². The van der Waals surface area contributed by atoms with Crippen LogP contribution in [0.15, 0.2) is 12.1 Å². The number of nitrogens with two attached hydrogens (primary N) is 2. The van der Waals surface area contributed by atoms with E-state index in [4.69, 9.17) is 30.4 Å². The lowest BCUT2D eigenvalue weighted by Gasteiger charge is -2.41. The van der Waals surface area contributed by atoms with Crippen LogP contribution < -0.4 is 11.5 Å². The number of aryl methyl sites for hydroxylation is 2. The van der Waals surface area contributed by atoms with E-state index in [2.05, 4.69) is 39.8 Å². The van der Waals surface area contributed by atoms with Crippen LogP contribution in [0.4, 0.5) is 11.4 Å². The summed E-state index contributed by atoms with van der Waals surface area (Å²) in [5.74, 6) is 0. The largest absolute Gasteiger partial charge is 0.398 e. The molecule has 4 N–H and O–H groups in total. The third-order valence-corrected chi connectivity index (χ3v) is 9.46. The highest BCUT2D eigenvalue weighted by Crippen LogP contribution is 2.52. The maximum Gasteiger partial charge on any atom is 0.0850 e. The van der Waals surface area contributed by atoms with Crippen molar-refractivity contribution in [1.29, 1.82) is 0 Å². The Balaban J connectivity index is 1.69. The van der Waals surface area contributed by atoms with Crippen LogP contribution in [0.1, 0.15) is 85.0 Å². The molecule has 0 saturated carbocycles. The molecular weight excluding hydrogens is 488 g/mol. The van der Waals surface area contributed by atoms with Gasteiger partial charge in [-0.25, -0.2) is 0 Å². The second-order valence-corrected chi connectivity index (χ2v) is 12.0. The second-order valence-electron chi connectivity index (χ2n) is 12.0. The Hall–Kier alpha value is -2.12. The molecule has 0 spiro atoms.